The molecular formula is C23H25FN6O2. The van der Waals surface area contributed by atoms with Crippen LogP contribution in [0, 0.1) is 12.7 Å². The number of halogens is 1. The molecule has 2 atom stereocenters. The van der Waals surface area contributed by atoms with Gasteiger partial charge < -0.3 is 21.5 Å². The Bertz CT molecular complexity index is 1170. The summed E-state index contributed by atoms with van der Waals surface area (Å²) < 4.78 is 19.5. The Morgan fingerprint density at radius 3 is 2.75 bits per heavy atom. The van der Waals surface area contributed by atoms with Crippen molar-refractivity contribution in [2.75, 3.05) is 19.4 Å². The third-order valence-corrected chi connectivity index (χ3v) is 5.68. The highest BCUT2D eigenvalue weighted by Crippen LogP contribution is 2.42. The van der Waals surface area contributed by atoms with Crippen LogP contribution in [0.2, 0.25) is 0 Å². The summed E-state index contributed by atoms with van der Waals surface area (Å²) in [5, 5.41) is 3.08. The average Bonchev–Trinajstić information content (AvgIpc) is 2.77. The highest BCUT2D eigenvalue weighted by Gasteiger charge is 2.38. The van der Waals surface area contributed by atoms with E-state index < -0.39 is 11.9 Å². The maximum Gasteiger partial charge on any atom is 0.255 e. The number of aryl methyl sites for hydroxylation is 1. The lowest BCUT2D eigenvalue weighted by Crippen LogP contribution is -2.40. The van der Waals surface area contributed by atoms with Gasteiger partial charge in [0, 0.05) is 17.5 Å². The molecule has 1 aromatic carbocycles. The molecule has 3 heterocycles. The molecule has 8 nitrogen and oxygen atoms in total. The number of nitrogens with zero attached hydrogens (tertiary/aromatic N) is 3. The van der Waals surface area contributed by atoms with Crippen LogP contribution in [0.4, 0.5) is 10.3 Å². The van der Waals surface area contributed by atoms with Gasteiger partial charge in [0.2, 0.25) is 11.8 Å². The normalized spacial score (nSPS) is 17.6. The first-order chi connectivity index (χ1) is 15.4. The highest BCUT2D eigenvalue weighted by atomic mass is 19.1. The van der Waals surface area contributed by atoms with Crippen molar-refractivity contribution >= 4 is 11.9 Å². The second-order valence-corrected chi connectivity index (χ2v) is 7.71. The number of hydrogen-bond acceptors (Lipinski definition) is 7. The van der Waals surface area contributed by atoms with Crippen molar-refractivity contribution in [3.8, 4) is 17.1 Å². The van der Waals surface area contributed by atoms with Gasteiger partial charge in [-0.2, -0.15) is 0 Å². The topological polar surface area (TPSA) is 129 Å². The number of anilines is 1. The van der Waals surface area contributed by atoms with Crippen molar-refractivity contribution in [1.29, 1.82) is 0 Å². The predicted octanol–water partition coefficient (Wildman–Crippen LogP) is 2.88. The zero-order valence-corrected chi connectivity index (χ0v) is 17.9. The van der Waals surface area contributed by atoms with Crippen LogP contribution in [0.15, 0.2) is 36.4 Å². The Hall–Kier alpha value is -3.59. The number of nitrogens with one attached hydrogen (secondary N) is 1. The standard InChI is InChI=1S/C23H25FN6O2/c1-12-19-21(30-23(26)27-12)15(5-4-10-25)20(29-22(19)31)14-9-8-13(24)11-16(14)17-6-3-7-18(28-17)32-2/h3,6-9,11,15,20H,4-5,10,25H2,1-2H3,(H,29,31)(H2,26,27,30)/t15?,20-/m0/s1. The number of ether oxygens (including phenoxy) is 1. The minimum atomic E-state index is -0.473. The van der Waals surface area contributed by atoms with E-state index in [1.165, 1.54) is 19.2 Å². The van der Waals surface area contributed by atoms with Crippen molar-refractivity contribution < 1.29 is 13.9 Å². The van der Waals surface area contributed by atoms with E-state index >= 15 is 0 Å². The fourth-order valence-corrected chi connectivity index (χ4v) is 4.27. The molecular weight excluding hydrogens is 411 g/mol. The summed E-state index contributed by atoms with van der Waals surface area (Å²) in [6, 6.07) is 9.27. The summed E-state index contributed by atoms with van der Waals surface area (Å²) in [5.74, 6) is -0.393. The van der Waals surface area contributed by atoms with Gasteiger partial charge in [0.15, 0.2) is 0 Å². The van der Waals surface area contributed by atoms with Crippen LogP contribution in [-0.4, -0.2) is 34.5 Å². The van der Waals surface area contributed by atoms with Crippen LogP contribution < -0.4 is 21.5 Å². The van der Waals surface area contributed by atoms with Gasteiger partial charge in [0.05, 0.1) is 35.8 Å². The molecule has 0 saturated carbocycles. The van der Waals surface area contributed by atoms with Crippen molar-refractivity contribution in [2.45, 2.75) is 31.7 Å². The third-order valence-electron chi connectivity index (χ3n) is 5.68. The fraction of sp³-hybridized carbons (Fsp3) is 0.304. The summed E-state index contributed by atoms with van der Waals surface area (Å²) in [5.41, 5.74) is 15.1. The molecule has 4 rings (SSSR count). The first kappa shape index (κ1) is 21.6. The maximum absolute atomic E-state index is 14.3. The first-order valence-corrected chi connectivity index (χ1v) is 10.4. The van der Waals surface area contributed by atoms with E-state index in [4.69, 9.17) is 16.2 Å². The smallest absolute Gasteiger partial charge is 0.255 e. The van der Waals surface area contributed by atoms with Crippen molar-refractivity contribution in [3.05, 3.63) is 64.7 Å². The summed E-state index contributed by atoms with van der Waals surface area (Å²) in [4.78, 5) is 26.1. The van der Waals surface area contributed by atoms with E-state index in [-0.39, 0.29) is 17.8 Å². The predicted molar refractivity (Wildman–Crippen MR) is 119 cm³/mol. The SMILES string of the molecule is COc1cccc(-c2cc(F)ccc2[C@@H]2NC(=O)c3c(C)nc(N)nc3C2CCCN)n1. The number of methoxy groups -OCH3 is 1. The Morgan fingerprint density at radius 2 is 2.00 bits per heavy atom. The molecule has 1 aliphatic heterocycles. The number of hydrogen-bond donors (Lipinski definition) is 3. The summed E-state index contributed by atoms with van der Waals surface area (Å²) >= 11 is 0. The van der Waals surface area contributed by atoms with Crippen LogP contribution in [-0.2, 0) is 0 Å². The van der Waals surface area contributed by atoms with Crippen LogP contribution >= 0.6 is 0 Å². The Kier molecular flexibility index (Phi) is 6.00. The minimum Gasteiger partial charge on any atom is -0.481 e. The molecule has 0 fully saturated rings. The largest absolute Gasteiger partial charge is 0.481 e. The molecule has 9 heteroatoms. The molecule has 1 aliphatic rings. The van der Waals surface area contributed by atoms with E-state index in [2.05, 4.69) is 20.3 Å². The van der Waals surface area contributed by atoms with Crippen molar-refractivity contribution in [3.63, 3.8) is 0 Å². The van der Waals surface area contributed by atoms with Crippen LogP contribution in [0.1, 0.15) is 52.1 Å². The maximum atomic E-state index is 14.3. The Balaban J connectivity index is 1.89. The molecule has 166 valence electrons. The van der Waals surface area contributed by atoms with Gasteiger partial charge in [-0.3, -0.25) is 4.79 Å². The fourth-order valence-electron chi connectivity index (χ4n) is 4.27. The van der Waals surface area contributed by atoms with E-state index in [0.29, 0.717) is 53.5 Å². The lowest BCUT2D eigenvalue weighted by atomic mass is 9.79. The molecule has 0 bridgehead atoms. The number of pyridine rings is 1. The number of carbonyl (C=O) groups is 1. The van der Waals surface area contributed by atoms with Crippen LogP contribution in [0.3, 0.4) is 0 Å². The van der Waals surface area contributed by atoms with E-state index in [0.717, 1.165) is 5.56 Å². The number of carbonyl (C=O) groups excluding carboxylic acids is 1. The number of nitrogen functional groups attached to an aromatic ring is 1. The summed E-state index contributed by atoms with van der Waals surface area (Å²) in [6.07, 6.45) is 1.38. The zero-order chi connectivity index (χ0) is 22.8. The molecule has 1 unspecified atom stereocenters. The number of fused-ring (bicyclic) bond motifs is 1. The zero-order valence-electron chi connectivity index (χ0n) is 17.9. The van der Waals surface area contributed by atoms with Gasteiger partial charge in [-0.15, -0.1) is 0 Å². The van der Waals surface area contributed by atoms with Gasteiger partial charge >= 0.3 is 0 Å². The molecule has 0 spiro atoms. The van der Waals surface area contributed by atoms with Crippen molar-refractivity contribution in [2.24, 2.45) is 5.73 Å². The first-order valence-electron chi connectivity index (χ1n) is 10.4. The number of rotatable bonds is 6. The van der Waals surface area contributed by atoms with Crippen molar-refractivity contribution in [1.82, 2.24) is 20.3 Å². The number of amides is 1. The quantitative estimate of drug-likeness (QED) is 0.542. The average molecular weight is 436 g/mol. The second-order valence-electron chi connectivity index (χ2n) is 7.71. The van der Waals surface area contributed by atoms with E-state index in [1.54, 1.807) is 31.2 Å². The molecule has 3 aromatic rings. The number of benzene rings is 1. The Labute approximate surface area is 185 Å². The lowest BCUT2D eigenvalue weighted by molar-refractivity contribution is 0.0909. The van der Waals surface area contributed by atoms with Gasteiger partial charge in [-0.1, -0.05) is 12.1 Å². The van der Waals surface area contributed by atoms with Gasteiger partial charge in [0.25, 0.3) is 5.91 Å². The van der Waals surface area contributed by atoms with Gasteiger partial charge in [-0.25, -0.2) is 19.3 Å². The van der Waals surface area contributed by atoms with Crippen LogP contribution in [0.25, 0.3) is 11.3 Å². The van der Waals surface area contributed by atoms with Gasteiger partial charge in [-0.05, 0) is 50.1 Å². The summed E-state index contributed by atoms with van der Waals surface area (Å²) in [6.45, 7) is 2.22. The summed E-state index contributed by atoms with van der Waals surface area (Å²) in [7, 11) is 1.52. The lowest BCUT2D eigenvalue weighted by Gasteiger charge is -2.35. The van der Waals surface area contributed by atoms with Crippen LogP contribution in [0.5, 0.6) is 5.88 Å². The molecule has 0 radical (unpaired) electrons. The monoisotopic (exact) mass is 436 g/mol. The molecule has 0 aliphatic carbocycles. The molecule has 32 heavy (non-hydrogen) atoms. The molecule has 5 N–H and O–H groups in total. The minimum absolute atomic E-state index is 0.112. The highest BCUT2D eigenvalue weighted by molar-refractivity contribution is 5.98. The second kappa shape index (κ2) is 8.88. The number of aromatic nitrogens is 3. The van der Waals surface area contributed by atoms with E-state index in [1.807, 2.05) is 0 Å². The van der Waals surface area contributed by atoms with Gasteiger partial charge in [0.1, 0.15) is 5.82 Å². The third kappa shape index (κ3) is 3.99. The molecule has 2 aromatic heterocycles. The molecule has 0 saturated heterocycles. The van der Waals surface area contributed by atoms with E-state index in [9.17, 15) is 9.18 Å². The number of nitrogens with two attached hydrogens (primary N) is 2. The molecule has 1 amide bonds. The Morgan fingerprint density at radius 1 is 1.19 bits per heavy atom.